The maximum atomic E-state index is 12.7. The fourth-order valence-corrected chi connectivity index (χ4v) is 2.80. The molecule has 2 aromatic rings. The normalized spacial score (nSPS) is 13.8. The summed E-state index contributed by atoms with van der Waals surface area (Å²) < 4.78 is 11.2. The van der Waals surface area contributed by atoms with Crippen LogP contribution in [0.4, 0.5) is 0 Å². The van der Waals surface area contributed by atoms with E-state index in [0.29, 0.717) is 11.5 Å². The highest BCUT2D eigenvalue weighted by Crippen LogP contribution is 2.44. The molecule has 2 aromatic carbocycles. The highest BCUT2D eigenvalue weighted by molar-refractivity contribution is 5.87. The fraction of sp³-hybridized carbons (Fsp3) is 0.300. The van der Waals surface area contributed by atoms with E-state index in [1.54, 1.807) is 0 Å². The zero-order valence-corrected chi connectivity index (χ0v) is 14.3. The van der Waals surface area contributed by atoms with Crippen molar-refractivity contribution in [1.29, 1.82) is 0 Å². The van der Waals surface area contributed by atoms with Crippen LogP contribution in [0.15, 0.2) is 48.5 Å². The quantitative estimate of drug-likeness (QED) is 0.848. The van der Waals surface area contributed by atoms with Gasteiger partial charge in [-0.25, -0.2) is 0 Å². The van der Waals surface area contributed by atoms with E-state index >= 15 is 0 Å². The van der Waals surface area contributed by atoms with Crippen LogP contribution in [0, 0.1) is 0 Å². The number of amides is 1. The van der Waals surface area contributed by atoms with Gasteiger partial charge in [0.05, 0.1) is 0 Å². The lowest BCUT2D eigenvalue weighted by molar-refractivity contribution is -0.149. The largest absolute Gasteiger partial charge is 0.457 e. The number of hydrogen-bond donors (Lipinski definition) is 1. The van der Waals surface area contributed by atoms with E-state index in [2.05, 4.69) is 5.32 Å². The van der Waals surface area contributed by atoms with E-state index < -0.39 is 11.9 Å². The Balaban J connectivity index is 1.79. The molecular formula is C20H21NO4. The summed E-state index contributed by atoms with van der Waals surface area (Å²) in [5.41, 5.74) is 1.49. The second-order valence-electron chi connectivity index (χ2n) is 6.10. The summed E-state index contributed by atoms with van der Waals surface area (Å²) in [5.74, 6) is -0.0872. The number of hydrogen-bond acceptors (Lipinski definition) is 4. The van der Waals surface area contributed by atoms with Gasteiger partial charge in [-0.15, -0.1) is 0 Å². The van der Waals surface area contributed by atoms with E-state index in [4.69, 9.17) is 9.47 Å². The lowest BCUT2D eigenvalue weighted by Crippen LogP contribution is -2.36. The highest BCUT2D eigenvalue weighted by atomic mass is 16.5. The first-order chi connectivity index (χ1) is 12.1. The number of fused-ring (bicyclic) bond motifs is 2. The van der Waals surface area contributed by atoms with Crippen molar-refractivity contribution in [3.05, 3.63) is 59.7 Å². The Labute approximate surface area is 147 Å². The number of carbonyl (C=O) groups excluding carboxylic acids is 2. The molecule has 1 amide bonds. The zero-order valence-electron chi connectivity index (χ0n) is 14.3. The van der Waals surface area contributed by atoms with Crippen molar-refractivity contribution in [1.82, 2.24) is 5.32 Å². The van der Waals surface area contributed by atoms with Gasteiger partial charge in [-0.3, -0.25) is 9.59 Å². The van der Waals surface area contributed by atoms with Crippen LogP contribution in [-0.2, 0) is 14.3 Å². The van der Waals surface area contributed by atoms with Crippen LogP contribution in [0.5, 0.6) is 11.5 Å². The summed E-state index contributed by atoms with van der Waals surface area (Å²) in [5, 5.41) is 2.79. The molecule has 0 radical (unpaired) electrons. The molecule has 0 bridgehead atoms. The molecule has 1 N–H and O–H groups in total. The topological polar surface area (TPSA) is 64.6 Å². The van der Waals surface area contributed by atoms with Gasteiger partial charge in [0.1, 0.15) is 17.4 Å². The minimum absolute atomic E-state index is 0.0516. The van der Waals surface area contributed by atoms with Crippen molar-refractivity contribution in [2.75, 3.05) is 6.61 Å². The SMILES string of the molecule is CCC(C)NC(=O)COC(=O)C1c2ccccc2Oc2ccccc21. The number of ether oxygens (including phenoxy) is 2. The van der Waals surface area contributed by atoms with Crippen molar-refractivity contribution in [2.45, 2.75) is 32.2 Å². The number of para-hydroxylation sites is 2. The average Bonchev–Trinajstić information content (AvgIpc) is 2.64. The number of benzene rings is 2. The Morgan fingerprint density at radius 3 is 2.20 bits per heavy atom. The third-order valence-corrected chi connectivity index (χ3v) is 4.28. The molecule has 5 heteroatoms. The lowest BCUT2D eigenvalue weighted by Gasteiger charge is -2.26. The van der Waals surface area contributed by atoms with Crippen molar-refractivity contribution >= 4 is 11.9 Å². The van der Waals surface area contributed by atoms with Crippen LogP contribution in [0.25, 0.3) is 0 Å². The van der Waals surface area contributed by atoms with Gasteiger partial charge in [-0.1, -0.05) is 43.3 Å². The third kappa shape index (κ3) is 3.65. The molecule has 130 valence electrons. The van der Waals surface area contributed by atoms with Crippen LogP contribution in [0.3, 0.4) is 0 Å². The van der Waals surface area contributed by atoms with Crippen LogP contribution >= 0.6 is 0 Å². The summed E-state index contributed by atoms with van der Waals surface area (Å²) in [4.78, 5) is 24.6. The van der Waals surface area contributed by atoms with E-state index in [-0.39, 0.29) is 18.6 Å². The first-order valence-electron chi connectivity index (χ1n) is 8.41. The minimum Gasteiger partial charge on any atom is -0.457 e. The molecule has 0 aliphatic carbocycles. The van der Waals surface area contributed by atoms with E-state index in [9.17, 15) is 9.59 Å². The van der Waals surface area contributed by atoms with Crippen LogP contribution in [0.2, 0.25) is 0 Å². The zero-order chi connectivity index (χ0) is 17.8. The molecule has 0 saturated carbocycles. The number of rotatable bonds is 5. The van der Waals surface area contributed by atoms with Crippen LogP contribution in [-0.4, -0.2) is 24.5 Å². The van der Waals surface area contributed by atoms with Gasteiger partial charge < -0.3 is 14.8 Å². The summed E-state index contributed by atoms with van der Waals surface area (Å²) >= 11 is 0. The first kappa shape index (κ1) is 17.0. The second-order valence-corrected chi connectivity index (χ2v) is 6.10. The molecule has 1 aliphatic rings. The van der Waals surface area contributed by atoms with Crippen molar-refractivity contribution in [2.24, 2.45) is 0 Å². The van der Waals surface area contributed by atoms with Crippen molar-refractivity contribution in [3.8, 4) is 11.5 Å². The lowest BCUT2D eigenvalue weighted by atomic mass is 9.88. The van der Waals surface area contributed by atoms with Gasteiger partial charge in [-0.05, 0) is 25.5 Å². The number of esters is 1. The Hall–Kier alpha value is -2.82. The van der Waals surface area contributed by atoms with Crippen LogP contribution in [0.1, 0.15) is 37.3 Å². The number of carbonyl (C=O) groups is 2. The molecule has 1 aliphatic heterocycles. The van der Waals surface area contributed by atoms with Gasteiger partial charge in [0.25, 0.3) is 5.91 Å². The Morgan fingerprint density at radius 2 is 1.64 bits per heavy atom. The summed E-state index contributed by atoms with van der Waals surface area (Å²) in [6.07, 6.45) is 0.820. The highest BCUT2D eigenvalue weighted by Gasteiger charge is 2.33. The second kappa shape index (κ2) is 7.38. The van der Waals surface area contributed by atoms with Gasteiger partial charge in [0, 0.05) is 17.2 Å². The van der Waals surface area contributed by atoms with E-state index in [1.165, 1.54) is 0 Å². The Kier molecular flexibility index (Phi) is 5.03. The standard InChI is InChI=1S/C20H21NO4/c1-3-13(2)21-18(22)12-24-20(23)19-14-8-4-6-10-16(14)25-17-11-7-5-9-15(17)19/h4-11,13,19H,3,12H2,1-2H3,(H,21,22). The maximum Gasteiger partial charge on any atom is 0.318 e. The van der Waals surface area contributed by atoms with Crippen molar-refractivity contribution < 1.29 is 19.1 Å². The Bertz CT molecular complexity index is 741. The average molecular weight is 339 g/mol. The summed E-state index contributed by atoms with van der Waals surface area (Å²) in [6, 6.07) is 14.8. The van der Waals surface area contributed by atoms with Gasteiger partial charge in [0.15, 0.2) is 6.61 Å². The molecule has 1 atom stereocenters. The molecule has 0 spiro atoms. The molecule has 0 aromatic heterocycles. The minimum atomic E-state index is -0.599. The molecule has 3 rings (SSSR count). The number of nitrogens with one attached hydrogen (secondary N) is 1. The maximum absolute atomic E-state index is 12.7. The van der Waals surface area contributed by atoms with Gasteiger partial charge in [0.2, 0.25) is 0 Å². The molecule has 0 saturated heterocycles. The molecule has 25 heavy (non-hydrogen) atoms. The predicted octanol–water partition coefficient (Wildman–Crippen LogP) is 3.38. The van der Waals surface area contributed by atoms with Crippen molar-refractivity contribution in [3.63, 3.8) is 0 Å². The molecule has 5 nitrogen and oxygen atoms in total. The third-order valence-electron chi connectivity index (χ3n) is 4.28. The molecule has 1 heterocycles. The first-order valence-corrected chi connectivity index (χ1v) is 8.41. The van der Waals surface area contributed by atoms with E-state index in [1.807, 2.05) is 62.4 Å². The Morgan fingerprint density at radius 1 is 1.08 bits per heavy atom. The predicted molar refractivity (Wildman–Crippen MR) is 93.7 cm³/mol. The monoisotopic (exact) mass is 339 g/mol. The molecule has 1 unspecified atom stereocenters. The van der Waals surface area contributed by atoms with Gasteiger partial charge >= 0.3 is 5.97 Å². The summed E-state index contributed by atoms with van der Waals surface area (Å²) in [6.45, 7) is 3.60. The summed E-state index contributed by atoms with van der Waals surface area (Å²) in [7, 11) is 0. The fourth-order valence-electron chi connectivity index (χ4n) is 2.80. The molecular weight excluding hydrogens is 318 g/mol. The van der Waals surface area contributed by atoms with E-state index in [0.717, 1.165) is 17.5 Å². The molecule has 0 fully saturated rings. The van der Waals surface area contributed by atoms with Gasteiger partial charge in [-0.2, -0.15) is 0 Å². The smallest absolute Gasteiger partial charge is 0.318 e. The van der Waals surface area contributed by atoms with Crippen LogP contribution < -0.4 is 10.1 Å².